The standard InChI is InChI=1S/C18H18N2O3/c1-13(15-5-3-14(11-19)4-6-15)20-18(21)12-23-17-9-7-16(22-2)8-10-17/h3-10,13H,12H2,1-2H3,(H,20,21). The maximum Gasteiger partial charge on any atom is 0.258 e. The Balaban J connectivity index is 1.84. The maximum atomic E-state index is 11.9. The summed E-state index contributed by atoms with van der Waals surface area (Å²) in [5.41, 5.74) is 1.52. The lowest BCUT2D eigenvalue weighted by Crippen LogP contribution is -2.31. The number of amides is 1. The Morgan fingerprint density at radius 3 is 2.30 bits per heavy atom. The summed E-state index contributed by atoms with van der Waals surface area (Å²) in [6.45, 7) is 1.82. The van der Waals surface area contributed by atoms with E-state index in [-0.39, 0.29) is 18.6 Å². The molecule has 0 saturated carbocycles. The van der Waals surface area contributed by atoms with Crippen molar-refractivity contribution in [2.75, 3.05) is 13.7 Å². The van der Waals surface area contributed by atoms with Crippen LogP contribution in [0.4, 0.5) is 0 Å². The number of nitrogens with one attached hydrogen (secondary N) is 1. The summed E-state index contributed by atoms with van der Waals surface area (Å²) in [4.78, 5) is 11.9. The second kappa shape index (κ2) is 7.85. The van der Waals surface area contributed by atoms with Crippen molar-refractivity contribution in [3.63, 3.8) is 0 Å². The van der Waals surface area contributed by atoms with Crippen molar-refractivity contribution in [3.8, 4) is 17.6 Å². The highest BCUT2D eigenvalue weighted by atomic mass is 16.5. The first-order valence-electron chi connectivity index (χ1n) is 7.18. The van der Waals surface area contributed by atoms with E-state index in [9.17, 15) is 4.79 Å². The van der Waals surface area contributed by atoms with Gasteiger partial charge in [-0.15, -0.1) is 0 Å². The van der Waals surface area contributed by atoms with Crippen molar-refractivity contribution in [2.45, 2.75) is 13.0 Å². The summed E-state index contributed by atoms with van der Waals surface area (Å²) in [6.07, 6.45) is 0. The van der Waals surface area contributed by atoms with Crippen LogP contribution in [0.5, 0.6) is 11.5 Å². The van der Waals surface area contributed by atoms with Gasteiger partial charge in [-0.25, -0.2) is 0 Å². The van der Waals surface area contributed by atoms with Gasteiger partial charge in [-0.2, -0.15) is 5.26 Å². The van der Waals surface area contributed by atoms with Gasteiger partial charge in [0.1, 0.15) is 11.5 Å². The first-order chi connectivity index (χ1) is 11.1. The average molecular weight is 310 g/mol. The van der Waals surface area contributed by atoms with Gasteiger partial charge in [0.25, 0.3) is 5.91 Å². The molecule has 0 bridgehead atoms. The van der Waals surface area contributed by atoms with Crippen LogP contribution in [0.25, 0.3) is 0 Å². The van der Waals surface area contributed by atoms with Crippen molar-refractivity contribution < 1.29 is 14.3 Å². The molecule has 0 aliphatic rings. The summed E-state index contributed by atoms with van der Waals surface area (Å²) >= 11 is 0. The molecule has 0 aliphatic heterocycles. The number of benzene rings is 2. The molecule has 0 spiro atoms. The summed E-state index contributed by atoms with van der Waals surface area (Å²) in [6, 6.07) is 16.1. The molecule has 0 aliphatic carbocycles. The molecule has 1 amide bonds. The molecule has 1 unspecified atom stereocenters. The number of nitrogens with zero attached hydrogens (tertiary/aromatic N) is 1. The van der Waals surface area contributed by atoms with Crippen LogP contribution in [0.1, 0.15) is 24.1 Å². The summed E-state index contributed by atoms with van der Waals surface area (Å²) in [5.74, 6) is 1.13. The number of ether oxygens (including phenoxy) is 2. The first kappa shape index (κ1) is 16.4. The minimum atomic E-state index is -0.210. The Bertz CT molecular complexity index is 688. The molecule has 0 aromatic heterocycles. The van der Waals surface area contributed by atoms with Gasteiger partial charge < -0.3 is 14.8 Å². The first-order valence-corrected chi connectivity index (χ1v) is 7.18. The number of methoxy groups -OCH3 is 1. The maximum absolute atomic E-state index is 11.9. The Kier molecular flexibility index (Phi) is 5.59. The van der Waals surface area contributed by atoms with Gasteiger partial charge in [0.05, 0.1) is 24.8 Å². The third-order valence-corrected chi connectivity index (χ3v) is 3.35. The predicted octanol–water partition coefficient (Wildman–Crippen LogP) is 2.82. The molecule has 5 nitrogen and oxygen atoms in total. The Hall–Kier alpha value is -3.00. The average Bonchev–Trinajstić information content (AvgIpc) is 2.60. The van der Waals surface area contributed by atoms with Crippen molar-refractivity contribution in [1.29, 1.82) is 5.26 Å². The van der Waals surface area contributed by atoms with Gasteiger partial charge in [-0.05, 0) is 48.9 Å². The van der Waals surface area contributed by atoms with Crippen LogP contribution in [-0.2, 0) is 4.79 Å². The SMILES string of the molecule is COc1ccc(OCC(=O)NC(C)c2ccc(C#N)cc2)cc1. The van der Waals surface area contributed by atoms with E-state index in [1.807, 2.05) is 19.1 Å². The van der Waals surface area contributed by atoms with E-state index < -0.39 is 0 Å². The Morgan fingerprint density at radius 1 is 1.13 bits per heavy atom. The van der Waals surface area contributed by atoms with Crippen molar-refractivity contribution in [1.82, 2.24) is 5.32 Å². The lowest BCUT2D eigenvalue weighted by atomic mass is 10.1. The third kappa shape index (κ3) is 4.75. The van der Waals surface area contributed by atoms with Crippen LogP contribution in [0, 0.1) is 11.3 Å². The lowest BCUT2D eigenvalue weighted by molar-refractivity contribution is -0.123. The van der Waals surface area contributed by atoms with Crippen molar-refractivity contribution in [3.05, 3.63) is 59.7 Å². The van der Waals surface area contributed by atoms with E-state index in [2.05, 4.69) is 11.4 Å². The Labute approximate surface area is 135 Å². The number of hydrogen-bond donors (Lipinski definition) is 1. The van der Waals surface area contributed by atoms with Crippen LogP contribution in [0.15, 0.2) is 48.5 Å². The van der Waals surface area contributed by atoms with Gasteiger partial charge in [0.2, 0.25) is 0 Å². The van der Waals surface area contributed by atoms with E-state index in [1.165, 1.54) is 0 Å². The van der Waals surface area contributed by atoms with Crippen LogP contribution in [0.3, 0.4) is 0 Å². The number of rotatable bonds is 6. The molecule has 0 radical (unpaired) electrons. The fraction of sp³-hybridized carbons (Fsp3) is 0.222. The smallest absolute Gasteiger partial charge is 0.258 e. The zero-order valence-corrected chi connectivity index (χ0v) is 13.1. The molecule has 118 valence electrons. The molecule has 5 heteroatoms. The minimum absolute atomic E-state index is 0.0626. The zero-order chi connectivity index (χ0) is 16.7. The Morgan fingerprint density at radius 2 is 1.74 bits per heavy atom. The highest BCUT2D eigenvalue weighted by molar-refractivity contribution is 5.78. The highest BCUT2D eigenvalue weighted by Crippen LogP contribution is 2.17. The second-order valence-corrected chi connectivity index (χ2v) is 4.99. The summed E-state index contributed by atoms with van der Waals surface area (Å²) in [7, 11) is 1.59. The molecule has 2 rings (SSSR count). The van der Waals surface area contributed by atoms with Gasteiger partial charge in [0.15, 0.2) is 6.61 Å². The van der Waals surface area contributed by atoms with Crippen LogP contribution in [-0.4, -0.2) is 19.6 Å². The second-order valence-electron chi connectivity index (χ2n) is 4.99. The molecule has 0 saturated heterocycles. The third-order valence-electron chi connectivity index (χ3n) is 3.35. The monoisotopic (exact) mass is 310 g/mol. The van der Waals surface area contributed by atoms with E-state index >= 15 is 0 Å². The zero-order valence-electron chi connectivity index (χ0n) is 13.1. The molecular formula is C18H18N2O3. The molecule has 2 aromatic rings. The molecule has 1 N–H and O–H groups in total. The lowest BCUT2D eigenvalue weighted by Gasteiger charge is -2.15. The van der Waals surface area contributed by atoms with E-state index in [0.29, 0.717) is 11.3 Å². The van der Waals surface area contributed by atoms with Crippen molar-refractivity contribution in [2.24, 2.45) is 0 Å². The molecule has 1 atom stereocenters. The van der Waals surface area contributed by atoms with Crippen LogP contribution in [0.2, 0.25) is 0 Å². The fourth-order valence-corrected chi connectivity index (χ4v) is 2.03. The van der Waals surface area contributed by atoms with Gasteiger partial charge in [-0.1, -0.05) is 12.1 Å². The largest absolute Gasteiger partial charge is 0.497 e. The van der Waals surface area contributed by atoms with Gasteiger partial charge in [-0.3, -0.25) is 4.79 Å². The van der Waals surface area contributed by atoms with Gasteiger partial charge >= 0.3 is 0 Å². The number of nitriles is 1. The van der Waals surface area contributed by atoms with Crippen LogP contribution < -0.4 is 14.8 Å². The minimum Gasteiger partial charge on any atom is -0.497 e. The molecule has 0 fully saturated rings. The van der Waals surface area contributed by atoms with E-state index in [4.69, 9.17) is 14.7 Å². The molecule has 23 heavy (non-hydrogen) atoms. The fourth-order valence-electron chi connectivity index (χ4n) is 2.03. The van der Waals surface area contributed by atoms with E-state index in [1.54, 1.807) is 43.5 Å². The number of hydrogen-bond acceptors (Lipinski definition) is 4. The normalized spacial score (nSPS) is 11.2. The molecule has 2 aromatic carbocycles. The van der Waals surface area contributed by atoms with Gasteiger partial charge in [0, 0.05) is 0 Å². The molecular weight excluding hydrogens is 292 g/mol. The molecule has 0 heterocycles. The number of carbonyl (C=O) groups is 1. The quantitative estimate of drug-likeness (QED) is 0.890. The summed E-state index contributed by atoms with van der Waals surface area (Å²) < 4.78 is 10.5. The van der Waals surface area contributed by atoms with E-state index in [0.717, 1.165) is 11.3 Å². The van der Waals surface area contributed by atoms with Crippen LogP contribution >= 0.6 is 0 Å². The highest BCUT2D eigenvalue weighted by Gasteiger charge is 2.10. The number of carbonyl (C=O) groups excluding carboxylic acids is 1. The topological polar surface area (TPSA) is 71.3 Å². The summed E-state index contributed by atoms with van der Waals surface area (Å²) in [5, 5.41) is 11.6. The van der Waals surface area contributed by atoms with Crippen molar-refractivity contribution >= 4 is 5.91 Å². The predicted molar refractivity (Wildman–Crippen MR) is 86.2 cm³/mol.